The van der Waals surface area contributed by atoms with E-state index in [1.807, 2.05) is 4.90 Å². The fourth-order valence-electron chi connectivity index (χ4n) is 11.2. The minimum Gasteiger partial charge on any atom is -0.508 e. The van der Waals surface area contributed by atoms with Crippen molar-refractivity contribution in [1.29, 1.82) is 0 Å². The maximum atomic E-state index is 17.4. The van der Waals surface area contributed by atoms with Gasteiger partial charge in [-0.15, -0.1) is 6.42 Å². The molecule has 4 aromatic rings. The molecule has 5 aliphatic carbocycles. The number of aromatic nitrogens is 3. The molecule has 5 heterocycles. The number of amides is 1. The van der Waals surface area contributed by atoms with E-state index in [1.54, 1.807) is 0 Å². The number of methoxy groups -OCH3 is 1. The minimum absolute atomic E-state index is 0.00536. The zero-order chi connectivity index (χ0) is 38.2. The van der Waals surface area contributed by atoms with Gasteiger partial charge in [0.15, 0.2) is 5.82 Å². The molecule has 2 aromatic carbocycles. The Morgan fingerprint density at radius 2 is 1.75 bits per heavy atom. The first-order chi connectivity index (χ1) is 27.1. The van der Waals surface area contributed by atoms with Crippen molar-refractivity contribution >= 4 is 33.4 Å². The van der Waals surface area contributed by atoms with Crippen LogP contribution in [0.2, 0.25) is 0 Å². The predicted molar refractivity (Wildman–Crippen MR) is 202 cm³/mol. The Bertz CT molecular complexity index is 2370. The van der Waals surface area contributed by atoms with Gasteiger partial charge < -0.3 is 29.3 Å². The summed E-state index contributed by atoms with van der Waals surface area (Å²) in [6.07, 6.45) is 11.4. The topological polar surface area (TPSA) is 104 Å². The molecule has 5 unspecified atom stereocenters. The second-order valence-corrected chi connectivity index (χ2v) is 17.9. The first kappa shape index (κ1) is 34.4. The van der Waals surface area contributed by atoms with Gasteiger partial charge in [0.05, 0.1) is 24.7 Å². The van der Waals surface area contributed by atoms with E-state index in [9.17, 15) is 14.3 Å². The van der Waals surface area contributed by atoms with Crippen LogP contribution in [0.25, 0.3) is 32.9 Å². The van der Waals surface area contributed by atoms with E-state index < -0.39 is 23.2 Å². The third-order valence-corrected chi connectivity index (χ3v) is 14.3. The van der Waals surface area contributed by atoms with Gasteiger partial charge in [-0.2, -0.15) is 9.97 Å². The monoisotopic (exact) mass is 764 g/mol. The van der Waals surface area contributed by atoms with E-state index >= 15 is 8.78 Å². The Morgan fingerprint density at radius 1 is 1.00 bits per heavy atom. The van der Waals surface area contributed by atoms with Gasteiger partial charge in [-0.25, -0.2) is 18.2 Å². The van der Waals surface area contributed by atoms with Crippen molar-refractivity contribution in [2.24, 2.45) is 28.6 Å². The third-order valence-electron chi connectivity index (χ3n) is 14.3. The number of nitrogens with zero attached hydrogens (tertiary/aromatic N) is 6. The highest BCUT2D eigenvalue weighted by molar-refractivity contribution is 6.04. The smallest absolute Gasteiger partial charge is 0.319 e. The molecule has 3 aliphatic heterocycles. The summed E-state index contributed by atoms with van der Waals surface area (Å²) in [6.45, 7) is 4.45. The van der Waals surface area contributed by atoms with E-state index in [0.29, 0.717) is 50.2 Å². The zero-order valence-electron chi connectivity index (χ0n) is 31.2. The number of benzene rings is 2. The normalized spacial score (nSPS) is 30.7. The molecule has 5 atom stereocenters. The summed E-state index contributed by atoms with van der Waals surface area (Å²) >= 11 is 0. The lowest BCUT2D eigenvalue weighted by atomic mass is 9.68. The van der Waals surface area contributed by atoms with Gasteiger partial charge in [-0.1, -0.05) is 12.0 Å². The number of halogens is 3. The molecule has 56 heavy (non-hydrogen) atoms. The lowest BCUT2D eigenvalue weighted by Gasteiger charge is -2.47. The van der Waals surface area contributed by atoms with Gasteiger partial charge in [0.1, 0.15) is 40.2 Å². The first-order valence-corrected chi connectivity index (χ1v) is 20.0. The second-order valence-electron chi connectivity index (χ2n) is 17.9. The fourth-order valence-corrected chi connectivity index (χ4v) is 11.2. The molecule has 8 aliphatic rings. The molecule has 0 radical (unpaired) electrons. The second kappa shape index (κ2) is 12.1. The number of phenolic OH excluding ortho intramolecular Hbond substituents is 1. The van der Waals surface area contributed by atoms with Crippen molar-refractivity contribution in [3.63, 3.8) is 0 Å². The standard InChI is InChI=1S/C43H43F3N6O4/c1-3-29-31(44)7-4-22-11-28(53)12-30(33(22)29)36-35(46)37-34(39(47-36)55-2)38(49-41(48-37)56-21-42(8-9-42)20-50-16-23-10-24(23)17-50)51-18-26-5-6-27(19-51)52(26)40(54)43-13-25(14-43)32(45)15-43/h1,4,7,11-12,23-27,32,53H,5-6,8-10,13-21H2,2H3. The summed E-state index contributed by atoms with van der Waals surface area (Å²) in [5, 5.41) is 11.6. The Morgan fingerprint density at radius 3 is 2.41 bits per heavy atom. The van der Waals surface area contributed by atoms with Crippen molar-refractivity contribution in [1.82, 2.24) is 24.8 Å². The molecular weight excluding hydrogens is 722 g/mol. The van der Waals surface area contributed by atoms with Crippen molar-refractivity contribution in [3.8, 4) is 41.2 Å². The minimum atomic E-state index is -0.908. The number of likely N-dealkylation sites (tertiary alicyclic amines) is 1. The lowest BCUT2D eigenvalue weighted by molar-refractivity contribution is -0.150. The highest BCUT2D eigenvalue weighted by atomic mass is 19.1. The number of anilines is 1. The highest BCUT2D eigenvalue weighted by Crippen LogP contribution is 2.61. The number of carbonyl (C=O) groups is 1. The maximum Gasteiger partial charge on any atom is 0.319 e. The quantitative estimate of drug-likeness (QED) is 0.198. The van der Waals surface area contributed by atoms with Gasteiger partial charge >= 0.3 is 6.01 Å². The summed E-state index contributed by atoms with van der Waals surface area (Å²) in [5.74, 6) is 2.84. The Labute approximate surface area is 322 Å². The van der Waals surface area contributed by atoms with Crippen LogP contribution < -0.4 is 14.4 Å². The number of ether oxygens (including phenoxy) is 2. The van der Waals surface area contributed by atoms with E-state index in [1.165, 1.54) is 37.8 Å². The fraction of sp³-hybridized carbons (Fsp3) is 0.535. The van der Waals surface area contributed by atoms with Gasteiger partial charge in [0, 0.05) is 61.2 Å². The SMILES string of the molecule is C#Cc1c(F)ccc2cc(O)cc(-c3nc(OC)c4c(N5CC6CCC(C5)N6C(=O)C56CC(F)C(C5)C6)nc(OCC5(CN6CC7CC7C6)CC5)nc4c3F)c12. The number of piperazine rings is 1. The number of fused-ring (bicyclic) bond motifs is 6. The van der Waals surface area contributed by atoms with Crippen LogP contribution >= 0.6 is 0 Å². The first-order valence-electron chi connectivity index (χ1n) is 20.0. The van der Waals surface area contributed by atoms with Gasteiger partial charge in [-0.3, -0.25) is 4.79 Å². The van der Waals surface area contributed by atoms with Crippen LogP contribution in [0.4, 0.5) is 19.0 Å². The van der Waals surface area contributed by atoms with Crippen molar-refractivity contribution in [3.05, 3.63) is 41.5 Å². The van der Waals surface area contributed by atoms with E-state index in [0.717, 1.165) is 57.2 Å². The van der Waals surface area contributed by atoms with Gasteiger partial charge in [0.25, 0.3) is 0 Å². The molecule has 290 valence electrons. The van der Waals surface area contributed by atoms with Crippen LogP contribution in [0, 0.1) is 52.6 Å². The van der Waals surface area contributed by atoms with E-state index in [-0.39, 0.29) is 80.1 Å². The molecule has 2 aromatic heterocycles. The Balaban J connectivity index is 1.00. The third kappa shape index (κ3) is 5.20. The average molecular weight is 765 g/mol. The molecule has 4 bridgehead atoms. The number of rotatable bonds is 9. The number of alkyl halides is 1. The molecule has 8 fully saturated rings. The number of hydrogen-bond acceptors (Lipinski definition) is 9. The summed E-state index contributed by atoms with van der Waals surface area (Å²) in [7, 11) is 1.43. The van der Waals surface area contributed by atoms with Crippen molar-refractivity contribution in [2.75, 3.05) is 51.3 Å². The largest absolute Gasteiger partial charge is 0.508 e. The number of carbonyl (C=O) groups excluding carboxylic acids is 1. The van der Waals surface area contributed by atoms with Crippen LogP contribution in [-0.2, 0) is 4.79 Å². The average Bonchev–Trinajstić information content (AvgIpc) is 3.95. The lowest BCUT2D eigenvalue weighted by Crippen LogP contribution is -2.60. The van der Waals surface area contributed by atoms with Crippen LogP contribution in [0.1, 0.15) is 56.9 Å². The van der Waals surface area contributed by atoms with Crippen LogP contribution in [-0.4, -0.2) is 100 Å². The molecule has 1 N–H and O–H groups in total. The van der Waals surface area contributed by atoms with Gasteiger partial charge in [0.2, 0.25) is 11.8 Å². The molecule has 0 spiro atoms. The summed E-state index contributed by atoms with van der Waals surface area (Å²) in [6, 6.07) is 5.20. The van der Waals surface area contributed by atoms with Crippen molar-refractivity contribution in [2.45, 2.75) is 69.6 Å². The molecular formula is C43H43F3N6O4. The molecule has 3 saturated heterocycles. The number of piperidine rings is 1. The van der Waals surface area contributed by atoms with Crippen molar-refractivity contribution < 1.29 is 32.5 Å². The molecule has 5 saturated carbocycles. The van der Waals surface area contributed by atoms with Crippen LogP contribution in [0.3, 0.4) is 0 Å². The van der Waals surface area contributed by atoms with Crippen LogP contribution in [0.5, 0.6) is 17.6 Å². The molecule has 12 rings (SSSR count). The number of terminal acetylenes is 1. The van der Waals surface area contributed by atoms with Crippen LogP contribution in [0.15, 0.2) is 24.3 Å². The Hall–Kier alpha value is -4.83. The predicted octanol–water partition coefficient (Wildman–Crippen LogP) is 6.25. The van der Waals surface area contributed by atoms with E-state index in [2.05, 4.69) is 20.7 Å². The van der Waals surface area contributed by atoms with E-state index in [4.69, 9.17) is 25.9 Å². The number of pyridine rings is 1. The summed E-state index contributed by atoms with van der Waals surface area (Å²) in [5.41, 5.74) is -0.940. The molecule has 10 nitrogen and oxygen atoms in total. The number of aromatic hydroxyl groups is 1. The number of phenols is 1. The summed E-state index contributed by atoms with van der Waals surface area (Å²) in [4.78, 5) is 35.0. The highest BCUT2D eigenvalue weighted by Gasteiger charge is 2.63. The maximum absolute atomic E-state index is 17.4. The Kier molecular flexibility index (Phi) is 7.43. The summed E-state index contributed by atoms with van der Waals surface area (Å²) < 4.78 is 59.4. The van der Waals surface area contributed by atoms with Gasteiger partial charge in [-0.05, 0) is 92.7 Å². The molecule has 13 heteroatoms. The zero-order valence-corrected chi connectivity index (χ0v) is 31.2. The molecule has 1 amide bonds. The number of hydrogen-bond donors (Lipinski definition) is 1.